The molecule has 3 aromatic heterocycles. The molecule has 0 saturated carbocycles. The van der Waals surface area contributed by atoms with Gasteiger partial charge in [0.2, 0.25) is 0 Å². The maximum absolute atomic E-state index is 3.43. The van der Waals surface area contributed by atoms with Gasteiger partial charge in [0, 0.05) is 0 Å². The zero-order chi connectivity index (χ0) is 7.26. The van der Waals surface area contributed by atoms with Crippen LogP contribution in [0.4, 0.5) is 0 Å². The fourth-order valence-electron chi connectivity index (χ4n) is 1.31. The fraction of sp³-hybridized carbons (Fsp3) is 0. The third-order valence-electron chi connectivity index (χ3n) is 1.81. The number of H-pyrrole nitrogens is 1. The molecule has 3 heterocycles. The summed E-state index contributed by atoms with van der Waals surface area (Å²) in [5.41, 5.74) is 2.75. The molecule has 0 fully saturated rings. The molecular formula is C8H5NSe2. The number of nitrogens with one attached hydrogen (secondary N) is 1. The van der Waals surface area contributed by atoms with Gasteiger partial charge < -0.3 is 0 Å². The van der Waals surface area contributed by atoms with Gasteiger partial charge in [0.05, 0.1) is 0 Å². The van der Waals surface area contributed by atoms with Crippen molar-refractivity contribution in [2.75, 3.05) is 0 Å². The van der Waals surface area contributed by atoms with Crippen LogP contribution in [-0.2, 0) is 0 Å². The quantitative estimate of drug-likeness (QED) is 0.596. The Morgan fingerprint density at radius 1 is 0.909 bits per heavy atom. The molecule has 0 bridgehead atoms. The van der Waals surface area contributed by atoms with Crippen molar-refractivity contribution in [2.45, 2.75) is 0 Å². The third kappa shape index (κ3) is 0.771. The molecule has 11 heavy (non-hydrogen) atoms. The Labute approximate surface area is 75.5 Å². The zero-order valence-corrected chi connectivity index (χ0v) is 9.05. The summed E-state index contributed by atoms with van der Waals surface area (Å²) in [5.74, 6) is 0. The SMILES string of the molecule is c1cc2[nH]c3cc[se]c3c2[se]1. The van der Waals surface area contributed by atoms with Crippen molar-refractivity contribution in [3.63, 3.8) is 0 Å². The summed E-state index contributed by atoms with van der Waals surface area (Å²) < 4.78 is 3.22. The van der Waals surface area contributed by atoms with Gasteiger partial charge in [0.1, 0.15) is 0 Å². The molecule has 0 aliphatic rings. The van der Waals surface area contributed by atoms with Gasteiger partial charge in [-0.25, -0.2) is 0 Å². The number of rotatable bonds is 0. The third-order valence-corrected chi connectivity index (χ3v) is 6.37. The second-order valence-electron chi connectivity index (χ2n) is 2.45. The average Bonchev–Trinajstić information content (AvgIpc) is 2.52. The minimum atomic E-state index is 0.618. The van der Waals surface area contributed by atoms with E-state index in [0.29, 0.717) is 29.0 Å². The van der Waals surface area contributed by atoms with E-state index in [-0.39, 0.29) is 0 Å². The van der Waals surface area contributed by atoms with Crippen LogP contribution in [0.5, 0.6) is 0 Å². The van der Waals surface area contributed by atoms with Crippen molar-refractivity contribution >= 4 is 48.6 Å². The number of hydrogen-bond acceptors (Lipinski definition) is 0. The number of hydrogen-bond donors (Lipinski definition) is 1. The molecule has 1 N–H and O–H groups in total. The molecule has 3 heteroatoms. The maximum atomic E-state index is 3.43. The van der Waals surface area contributed by atoms with E-state index in [9.17, 15) is 0 Å². The first-order valence-corrected chi connectivity index (χ1v) is 7.06. The molecule has 0 aliphatic carbocycles. The molecular weight excluding hydrogens is 268 g/mol. The molecule has 0 atom stereocenters. The Bertz CT molecular complexity index is 455. The summed E-state index contributed by atoms with van der Waals surface area (Å²) in [6.07, 6.45) is 0. The summed E-state index contributed by atoms with van der Waals surface area (Å²) in [4.78, 5) is 8.02. The Morgan fingerprint density at radius 3 is 2.00 bits per heavy atom. The monoisotopic (exact) mass is 275 g/mol. The first kappa shape index (κ1) is 6.33. The molecule has 0 spiro atoms. The van der Waals surface area contributed by atoms with Gasteiger partial charge in [0.15, 0.2) is 0 Å². The van der Waals surface area contributed by atoms with Gasteiger partial charge in [-0.1, -0.05) is 0 Å². The number of aromatic amines is 1. The molecule has 3 aromatic rings. The molecule has 0 aliphatic heterocycles. The first-order chi connectivity index (χ1) is 5.45. The van der Waals surface area contributed by atoms with Crippen LogP contribution in [0.2, 0.25) is 0 Å². The van der Waals surface area contributed by atoms with Gasteiger partial charge in [-0.05, 0) is 0 Å². The summed E-state index contributed by atoms with van der Waals surface area (Å²) in [6.45, 7) is 0. The number of aromatic nitrogens is 1. The summed E-state index contributed by atoms with van der Waals surface area (Å²) in [6, 6.07) is 4.44. The van der Waals surface area contributed by atoms with E-state index in [1.165, 1.54) is 11.0 Å². The van der Waals surface area contributed by atoms with Crippen LogP contribution in [0.1, 0.15) is 0 Å². The topological polar surface area (TPSA) is 15.8 Å². The Balaban J connectivity index is 2.75. The van der Waals surface area contributed by atoms with Crippen molar-refractivity contribution in [3.05, 3.63) is 22.0 Å². The summed E-state index contributed by atoms with van der Waals surface area (Å²) in [5, 5.41) is 0. The first-order valence-electron chi connectivity index (χ1n) is 3.37. The van der Waals surface area contributed by atoms with Crippen LogP contribution < -0.4 is 0 Å². The molecule has 1 nitrogen and oxygen atoms in total. The molecule has 3 rings (SSSR count). The van der Waals surface area contributed by atoms with Gasteiger partial charge >= 0.3 is 75.6 Å². The van der Waals surface area contributed by atoms with E-state index >= 15 is 0 Å². The van der Waals surface area contributed by atoms with Crippen molar-refractivity contribution in [1.29, 1.82) is 0 Å². The average molecular weight is 273 g/mol. The van der Waals surface area contributed by atoms with Crippen LogP contribution >= 0.6 is 0 Å². The normalized spacial score (nSPS) is 11.6. The van der Waals surface area contributed by atoms with Crippen LogP contribution in [0, 0.1) is 0 Å². The van der Waals surface area contributed by atoms with Gasteiger partial charge in [-0.3, -0.25) is 0 Å². The molecule has 0 unspecified atom stereocenters. The van der Waals surface area contributed by atoms with E-state index in [0.717, 1.165) is 0 Å². The Morgan fingerprint density at radius 2 is 1.45 bits per heavy atom. The second-order valence-corrected chi connectivity index (χ2v) is 6.30. The van der Waals surface area contributed by atoms with Gasteiger partial charge in [-0.2, -0.15) is 0 Å². The van der Waals surface area contributed by atoms with E-state index < -0.39 is 0 Å². The second kappa shape index (κ2) is 2.15. The fourth-order valence-corrected chi connectivity index (χ4v) is 5.73. The van der Waals surface area contributed by atoms with Crippen LogP contribution in [-0.4, -0.2) is 34.0 Å². The van der Waals surface area contributed by atoms with E-state index in [1.54, 1.807) is 8.52 Å². The van der Waals surface area contributed by atoms with Gasteiger partial charge in [0.25, 0.3) is 0 Å². The molecule has 0 amide bonds. The van der Waals surface area contributed by atoms with Crippen LogP contribution in [0.25, 0.3) is 19.6 Å². The Kier molecular flexibility index (Phi) is 1.24. The predicted octanol–water partition coefficient (Wildman–Crippen LogP) is 1.44. The Hall–Kier alpha value is -0.201. The summed E-state index contributed by atoms with van der Waals surface area (Å²) in [7, 11) is 0. The summed E-state index contributed by atoms with van der Waals surface area (Å²) >= 11 is 1.24. The van der Waals surface area contributed by atoms with E-state index in [1.807, 2.05) is 0 Å². The van der Waals surface area contributed by atoms with Crippen molar-refractivity contribution in [2.24, 2.45) is 0 Å². The standard InChI is InChI=1S/C8H5NSe2/c1-3-10-7-5(1)9-6-2-4-11-8(6)7/h1-4,9H. The minimum absolute atomic E-state index is 0.618. The molecule has 54 valence electrons. The molecule has 0 radical (unpaired) electrons. The predicted molar refractivity (Wildman–Crippen MR) is 49.7 cm³/mol. The molecule has 0 saturated heterocycles. The van der Waals surface area contributed by atoms with Crippen molar-refractivity contribution < 1.29 is 0 Å². The van der Waals surface area contributed by atoms with E-state index in [4.69, 9.17) is 0 Å². The van der Waals surface area contributed by atoms with Crippen molar-refractivity contribution in [3.8, 4) is 0 Å². The van der Waals surface area contributed by atoms with Crippen LogP contribution in [0.3, 0.4) is 0 Å². The van der Waals surface area contributed by atoms with Gasteiger partial charge in [-0.15, -0.1) is 0 Å². The van der Waals surface area contributed by atoms with E-state index in [2.05, 4.69) is 27.0 Å². The molecule has 0 aromatic carbocycles. The van der Waals surface area contributed by atoms with Crippen LogP contribution in [0.15, 0.2) is 22.0 Å². The zero-order valence-electron chi connectivity index (χ0n) is 5.63. The number of fused-ring (bicyclic) bond motifs is 3. The van der Waals surface area contributed by atoms with Crippen molar-refractivity contribution in [1.82, 2.24) is 4.98 Å².